The van der Waals surface area contributed by atoms with Gasteiger partial charge in [0.05, 0.1) is 11.8 Å². The van der Waals surface area contributed by atoms with Crippen LogP contribution >= 0.6 is 0 Å². The molecule has 0 aromatic heterocycles. The Morgan fingerprint density at radius 3 is 2.21 bits per heavy atom. The van der Waals surface area contributed by atoms with Crippen molar-refractivity contribution in [3.8, 4) is 16.9 Å². The second kappa shape index (κ2) is 6.48. The van der Waals surface area contributed by atoms with E-state index in [1.165, 1.54) is 40.8 Å². The van der Waals surface area contributed by atoms with Crippen molar-refractivity contribution in [3.05, 3.63) is 90.0 Å². The molecule has 0 amide bonds. The van der Waals surface area contributed by atoms with Gasteiger partial charge in [-0.25, -0.2) is 5.01 Å². The van der Waals surface area contributed by atoms with Crippen LogP contribution in [-0.4, -0.2) is 16.4 Å². The highest BCUT2D eigenvalue weighted by molar-refractivity contribution is 6.02. The van der Waals surface area contributed by atoms with Gasteiger partial charge in [0.25, 0.3) is 0 Å². The van der Waals surface area contributed by atoms with E-state index in [0.717, 1.165) is 25.0 Å². The van der Waals surface area contributed by atoms with E-state index in [0.29, 0.717) is 0 Å². The molecule has 0 radical (unpaired) electrons. The van der Waals surface area contributed by atoms with E-state index in [4.69, 9.17) is 9.84 Å². The van der Waals surface area contributed by atoms with E-state index in [-0.39, 0.29) is 11.8 Å². The molecule has 0 bridgehead atoms. The molecule has 1 spiro atoms. The van der Waals surface area contributed by atoms with Gasteiger partial charge in [0.15, 0.2) is 5.72 Å². The summed E-state index contributed by atoms with van der Waals surface area (Å²) in [4.78, 5) is 0. The van der Waals surface area contributed by atoms with Gasteiger partial charge >= 0.3 is 0 Å². The first-order valence-electron chi connectivity index (χ1n) is 10.6. The predicted molar refractivity (Wildman–Crippen MR) is 116 cm³/mol. The van der Waals surface area contributed by atoms with Gasteiger partial charge in [-0.2, -0.15) is 5.10 Å². The highest BCUT2D eigenvalue weighted by Crippen LogP contribution is 2.51. The van der Waals surface area contributed by atoms with Gasteiger partial charge < -0.3 is 4.74 Å². The van der Waals surface area contributed by atoms with Gasteiger partial charge in [-0.1, -0.05) is 72.8 Å². The number of hydrogen-bond acceptors (Lipinski definition) is 3. The van der Waals surface area contributed by atoms with Crippen LogP contribution in [0.3, 0.4) is 0 Å². The van der Waals surface area contributed by atoms with Crippen LogP contribution in [0.25, 0.3) is 11.1 Å². The Morgan fingerprint density at radius 1 is 0.759 bits per heavy atom. The molecule has 3 nitrogen and oxygen atoms in total. The number of ether oxygens (including phenoxy) is 1. The maximum atomic E-state index is 6.57. The molecule has 3 heteroatoms. The molecule has 6 rings (SSSR count). The van der Waals surface area contributed by atoms with Crippen molar-refractivity contribution in [3.63, 3.8) is 0 Å². The van der Waals surface area contributed by atoms with Crippen LogP contribution in [0.5, 0.6) is 5.75 Å². The topological polar surface area (TPSA) is 24.8 Å². The third kappa shape index (κ3) is 2.68. The van der Waals surface area contributed by atoms with Crippen LogP contribution < -0.4 is 4.74 Å². The first-order chi connectivity index (χ1) is 14.3. The summed E-state index contributed by atoms with van der Waals surface area (Å²) in [5.41, 5.74) is 5.88. The van der Waals surface area contributed by atoms with E-state index in [1.54, 1.807) is 0 Å². The first kappa shape index (κ1) is 16.8. The van der Waals surface area contributed by atoms with Crippen molar-refractivity contribution in [2.24, 2.45) is 5.10 Å². The highest BCUT2D eigenvalue weighted by Gasteiger charge is 2.51. The molecule has 144 valence electrons. The molecule has 3 aromatic rings. The molecule has 0 unspecified atom stereocenters. The van der Waals surface area contributed by atoms with Crippen LogP contribution in [0.4, 0.5) is 0 Å². The molecule has 0 N–H and O–H groups in total. The third-order valence-corrected chi connectivity index (χ3v) is 6.62. The van der Waals surface area contributed by atoms with Crippen molar-refractivity contribution in [1.29, 1.82) is 0 Å². The largest absolute Gasteiger partial charge is 0.466 e. The number of nitrogens with zero attached hydrogens (tertiary/aromatic N) is 2. The minimum Gasteiger partial charge on any atom is -0.466 e. The lowest BCUT2D eigenvalue weighted by Gasteiger charge is -2.45. The van der Waals surface area contributed by atoms with Crippen molar-refractivity contribution in [1.82, 2.24) is 5.01 Å². The maximum Gasteiger partial charge on any atom is 0.198 e. The number of rotatable bonds is 2. The quantitative estimate of drug-likeness (QED) is 0.531. The van der Waals surface area contributed by atoms with Crippen LogP contribution in [0.2, 0.25) is 0 Å². The number of para-hydroxylation sites is 1. The molecular formula is C26H24N2O. The van der Waals surface area contributed by atoms with Crippen molar-refractivity contribution >= 4 is 5.71 Å². The Morgan fingerprint density at radius 2 is 1.41 bits per heavy atom. The fourth-order valence-corrected chi connectivity index (χ4v) is 5.15. The van der Waals surface area contributed by atoms with E-state index >= 15 is 0 Å². The number of fused-ring (bicyclic) bond motifs is 4. The lowest BCUT2D eigenvalue weighted by Crippen LogP contribution is -2.51. The fraction of sp³-hybridized carbons (Fsp3) is 0.269. The fourth-order valence-electron chi connectivity index (χ4n) is 5.15. The summed E-state index contributed by atoms with van der Waals surface area (Å²) in [5.74, 6) is 1.05. The summed E-state index contributed by atoms with van der Waals surface area (Å²) in [6.07, 6.45) is 5.47. The second-order valence-corrected chi connectivity index (χ2v) is 8.35. The zero-order valence-electron chi connectivity index (χ0n) is 16.4. The Balaban J connectivity index is 1.36. The van der Waals surface area contributed by atoms with Crippen LogP contribution in [0.15, 0.2) is 84.0 Å². The summed E-state index contributed by atoms with van der Waals surface area (Å²) in [6.45, 7) is 0. The lowest BCUT2D eigenvalue weighted by atomic mass is 9.93. The van der Waals surface area contributed by atoms with E-state index < -0.39 is 0 Å². The van der Waals surface area contributed by atoms with Crippen LogP contribution in [0.1, 0.15) is 49.3 Å². The summed E-state index contributed by atoms with van der Waals surface area (Å²) < 4.78 is 6.57. The average molecular weight is 380 g/mol. The van der Waals surface area contributed by atoms with Crippen molar-refractivity contribution in [2.45, 2.75) is 43.9 Å². The Kier molecular flexibility index (Phi) is 3.77. The zero-order valence-corrected chi connectivity index (χ0v) is 16.4. The molecular weight excluding hydrogens is 356 g/mol. The smallest absolute Gasteiger partial charge is 0.198 e. The molecule has 1 saturated carbocycles. The minimum atomic E-state index is -0.259. The molecule has 1 atom stereocenters. The van der Waals surface area contributed by atoms with Crippen molar-refractivity contribution in [2.75, 3.05) is 0 Å². The predicted octanol–water partition coefficient (Wildman–Crippen LogP) is 6.17. The van der Waals surface area contributed by atoms with Crippen LogP contribution in [-0.2, 0) is 0 Å². The number of hydrogen-bond donors (Lipinski definition) is 0. The van der Waals surface area contributed by atoms with E-state index in [2.05, 4.69) is 83.9 Å². The summed E-state index contributed by atoms with van der Waals surface area (Å²) in [6, 6.07) is 28.2. The average Bonchev–Trinajstić information content (AvgIpc) is 3.43. The van der Waals surface area contributed by atoms with Gasteiger partial charge in [-0.15, -0.1) is 0 Å². The minimum absolute atomic E-state index is 0.259. The van der Waals surface area contributed by atoms with Gasteiger partial charge in [0, 0.05) is 24.8 Å². The zero-order chi connectivity index (χ0) is 19.3. The van der Waals surface area contributed by atoms with Crippen molar-refractivity contribution < 1.29 is 4.74 Å². The van der Waals surface area contributed by atoms with E-state index in [1.807, 2.05) is 0 Å². The molecule has 2 heterocycles. The molecule has 0 saturated heterocycles. The highest BCUT2D eigenvalue weighted by atomic mass is 16.5. The Bertz CT molecular complexity index is 1070. The Labute approximate surface area is 171 Å². The van der Waals surface area contributed by atoms with Gasteiger partial charge in [-0.05, 0) is 35.6 Å². The summed E-state index contributed by atoms with van der Waals surface area (Å²) in [5, 5.41) is 7.44. The van der Waals surface area contributed by atoms with Gasteiger partial charge in [0.1, 0.15) is 5.75 Å². The summed E-state index contributed by atoms with van der Waals surface area (Å²) >= 11 is 0. The molecule has 29 heavy (non-hydrogen) atoms. The molecule has 2 aliphatic heterocycles. The molecule has 3 aromatic carbocycles. The molecule has 3 aliphatic rings. The molecule has 1 fully saturated rings. The van der Waals surface area contributed by atoms with E-state index in [9.17, 15) is 0 Å². The SMILES string of the molecule is c1ccc(-c2ccc(C3=NN4[C@@H](C3)c3ccccc3OC43CCCC3)cc2)cc1. The van der Waals surface area contributed by atoms with Crippen LogP contribution in [0, 0.1) is 0 Å². The first-order valence-corrected chi connectivity index (χ1v) is 10.6. The normalized spacial score (nSPS) is 21.4. The molecule has 1 aliphatic carbocycles. The number of hydrazone groups is 1. The second-order valence-electron chi connectivity index (χ2n) is 8.35. The van der Waals surface area contributed by atoms with Gasteiger partial charge in [-0.3, -0.25) is 0 Å². The maximum absolute atomic E-state index is 6.57. The van der Waals surface area contributed by atoms with Gasteiger partial charge in [0.2, 0.25) is 0 Å². The third-order valence-electron chi connectivity index (χ3n) is 6.62. The monoisotopic (exact) mass is 380 g/mol. The lowest BCUT2D eigenvalue weighted by molar-refractivity contribution is -0.114. The number of benzene rings is 3. The Hall–Kier alpha value is -3.07. The summed E-state index contributed by atoms with van der Waals surface area (Å²) in [7, 11) is 0. The standard InChI is InChI=1S/C26H24N2O/c1-2-8-19(9-3-1)20-12-14-21(15-13-20)23-18-24-22-10-4-5-11-25(22)29-26(28(24)27-23)16-6-7-17-26/h1-5,8-15,24H,6-7,16-18H2/t24-/m0/s1.